The summed E-state index contributed by atoms with van der Waals surface area (Å²) < 4.78 is 0. The maximum atomic E-state index is 4.74. The molecule has 1 aromatic carbocycles. The number of hydrogen-bond donors (Lipinski definition) is 0. The summed E-state index contributed by atoms with van der Waals surface area (Å²) in [6, 6.07) is 8.49. The summed E-state index contributed by atoms with van der Waals surface area (Å²) in [5.74, 6) is 0. The van der Waals surface area contributed by atoms with Crippen LogP contribution in [-0.2, 0) is 0 Å². The highest BCUT2D eigenvalue weighted by Gasteiger charge is 2.07. The molecule has 114 valence electrons. The van der Waals surface area contributed by atoms with Gasteiger partial charge in [0.2, 0.25) is 0 Å². The van der Waals surface area contributed by atoms with Crippen LogP contribution in [0.15, 0.2) is 42.0 Å². The van der Waals surface area contributed by atoms with E-state index >= 15 is 0 Å². The monoisotopic (exact) mass is 292 g/mol. The second-order valence-electron chi connectivity index (χ2n) is 5.70. The quantitative estimate of drug-likeness (QED) is 0.630. The molecule has 0 unspecified atom stereocenters. The van der Waals surface area contributed by atoms with E-state index in [0.717, 1.165) is 41.1 Å². The number of rotatable bonds is 5. The summed E-state index contributed by atoms with van der Waals surface area (Å²) in [6.07, 6.45) is 5.93. The topological polar surface area (TPSA) is 25.2 Å². The fourth-order valence-electron chi connectivity index (χ4n) is 2.48. The molecule has 0 N–H and O–H groups in total. The Kier molecular flexibility index (Phi) is 5.26. The van der Waals surface area contributed by atoms with Crippen LogP contribution in [0.3, 0.4) is 0 Å². The van der Waals surface area contributed by atoms with E-state index < -0.39 is 0 Å². The largest absolute Gasteiger partial charge is 0.259 e. The highest BCUT2D eigenvalue weighted by molar-refractivity contribution is 5.85. The van der Waals surface area contributed by atoms with Crippen molar-refractivity contribution in [3.8, 4) is 11.1 Å². The molecule has 0 spiro atoms. The second-order valence-corrected chi connectivity index (χ2v) is 5.70. The summed E-state index contributed by atoms with van der Waals surface area (Å²) >= 11 is 0. The SMILES string of the molecule is C=Cc1ccc(C)c(-c2cnc(C)c(N=C(C)CCC)c2)c1. The Morgan fingerprint density at radius 2 is 2.05 bits per heavy atom. The number of pyridine rings is 1. The van der Waals surface area contributed by atoms with Crippen molar-refractivity contribution in [1.29, 1.82) is 0 Å². The van der Waals surface area contributed by atoms with Gasteiger partial charge >= 0.3 is 0 Å². The van der Waals surface area contributed by atoms with Crippen LogP contribution >= 0.6 is 0 Å². The zero-order chi connectivity index (χ0) is 16.1. The van der Waals surface area contributed by atoms with Crippen LogP contribution in [0.2, 0.25) is 0 Å². The minimum Gasteiger partial charge on any atom is -0.259 e. The van der Waals surface area contributed by atoms with Gasteiger partial charge in [-0.05, 0) is 56.0 Å². The van der Waals surface area contributed by atoms with Gasteiger partial charge in [0.05, 0.1) is 11.4 Å². The van der Waals surface area contributed by atoms with Gasteiger partial charge in [-0.2, -0.15) is 0 Å². The van der Waals surface area contributed by atoms with Crippen LogP contribution in [0.4, 0.5) is 5.69 Å². The number of aliphatic imine (C=N–C) groups is 1. The maximum absolute atomic E-state index is 4.74. The van der Waals surface area contributed by atoms with Crippen molar-refractivity contribution < 1.29 is 0 Å². The average molecular weight is 292 g/mol. The van der Waals surface area contributed by atoms with Gasteiger partial charge in [-0.3, -0.25) is 9.98 Å². The molecule has 2 aromatic rings. The molecule has 2 heteroatoms. The first-order valence-corrected chi connectivity index (χ1v) is 7.79. The average Bonchev–Trinajstić information content (AvgIpc) is 2.50. The van der Waals surface area contributed by atoms with Gasteiger partial charge in [0, 0.05) is 17.5 Å². The first-order valence-electron chi connectivity index (χ1n) is 7.79. The summed E-state index contributed by atoms with van der Waals surface area (Å²) in [6.45, 7) is 12.2. The predicted octanol–water partition coefficient (Wildman–Crippen LogP) is 5.90. The molecular formula is C20H24N2. The molecule has 0 amide bonds. The number of aromatic nitrogens is 1. The molecular weight excluding hydrogens is 268 g/mol. The van der Waals surface area contributed by atoms with Crippen molar-refractivity contribution in [2.45, 2.75) is 40.5 Å². The van der Waals surface area contributed by atoms with Gasteiger partial charge in [0.1, 0.15) is 0 Å². The highest BCUT2D eigenvalue weighted by Crippen LogP contribution is 2.29. The van der Waals surface area contributed by atoms with Gasteiger partial charge in [0.25, 0.3) is 0 Å². The van der Waals surface area contributed by atoms with Crippen LogP contribution in [0.1, 0.15) is 43.5 Å². The first-order chi connectivity index (χ1) is 10.5. The maximum Gasteiger partial charge on any atom is 0.0847 e. The number of hydrogen-bond acceptors (Lipinski definition) is 2. The fraction of sp³-hybridized carbons (Fsp3) is 0.300. The lowest BCUT2D eigenvalue weighted by atomic mass is 9.98. The summed E-state index contributed by atoms with van der Waals surface area (Å²) in [5, 5.41) is 0. The Bertz CT molecular complexity index is 712. The normalized spacial score (nSPS) is 11.5. The molecule has 0 saturated carbocycles. The molecule has 0 aliphatic carbocycles. The summed E-state index contributed by atoms with van der Waals surface area (Å²) in [5.41, 5.74) is 7.74. The Hall–Kier alpha value is -2.22. The van der Waals surface area contributed by atoms with E-state index in [9.17, 15) is 0 Å². The fourth-order valence-corrected chi connectivity index (χ4v) is 2.48. The lowest BCUT2D eigenvalue weighted by molar-refractivity contribution is 0.987. The molecule has 2 rings (SSSR count). The van der Waals surface area contributed by atoms with Crippen molar-refractivity contribution in [1.82, 2.24) is 4.98 Å². The lowest BCUT2D eigenvalue weighted by Gasteiger charge is -2.10. The van der Waals surface area contributed by atoms with Crippen LogP contribution in [0.5, 0.6) is 0 Å². The molecule has 2 nitrogen and oxygen atoms in total. The summed E-state index contributed by atoms with van der Waals surface area (Å²) in [7, 11) is 0. The number of benzene rings is 1. The molecule has 0 saturated heterocycles. The van der Waals surface area contributed by atoms with E-state index in [1.807, 2.05) is 19.2 Å². The van der Waals surface area contributed by atoms with Crippen LogP contribution in [0.25, 0.3) is 17.2 Å². The zero-order valence-electron chi connectivity index (χ0n) is 14.0. The molecule has 0 bridgehead atoms. The molecule has 0 radical (unpaired) electrons. The standard InChI is InChI=1S/C20H24N2/c1-6-8-15(4)22-20-12-18(13-21-16(20)5)19-11-17(7-2)10-9-14(19)3/h7,9-13H,2,6,8H2,1,3-5H3. The molecule has 22 heavy (non-hydrogen) atoms. The molecule has 1 aromatic heterocycles. The molecule has 0 aliphatic heterocycles. The van der Waals surface area contributed by atoms with E-state index in [-0.39, 0.29) is 0 Å². The minimum absolute atomic E-state index is 0.965. The molecule has 0 fully saturated rings. The van der Waals surface area contributed by atoms with E-state index in [2.05, 4.69) is 56.6 Å². The van der Waals surface area contributed by atoms with Crippen molar-refractivity contribution in [3.05, 3.63) is 53.9 Å². The minimum atomic E-state index is 0.965. The zero-order valence-corrected chi connectivity index (χ0v) is 14.0. The Morgan fingerprint density at radius 3 is 2.73 bits per heavy atom. The number of aryl methyl sites for hydroxylation is 2. The number of nitrogens with zero attached hydrogens (tertiary/aromatic N) is 2. The third-order valence-electron chi connectivity index (χ3n) is 3.79. The van der Waals surface area contributed by atoms with E-state index in [1.54, 1.807) is 0 Å². The molecule has 1 heterocycles. The third-order valence-corrected chi connectivity index (χ3v) is 3.79. The van der Waals surface area contributed by atoms with Gasteiger partial charge in [-0.1, -0.05) is 38.1 Å². The Morgan fingerprint density at radius 1 is 1.27 bits per heavy atom. The van der Waals surface area contributed by atoms with Crippen molar-refractivity contribution in [2.75, 3.05) is 0 Å². The van der Waals surface area contributed by atoms with Crippen molar-refractivity contribution >= 4 is 17.5 Å². The smallest absolute Gasteiger partial charge is 0.0847 e. The van der Waals surface area contributed by atoms with Gasteiger partial charge in [-0.25, -0.2) is 0 Å². The van der Waals surface area contributed by atoms with Crippen LogP contribution in [0, 0.1) is 13.8 Å². The van der Waals surface area contributed by atoms with Gasteiger partial charge < -0.3 is 0 Å². The second kappa shape index (κ2) is 7.17. The van der Waals surface area contributed by atoms with Crippen LogP contribution in [-0.4, -0.2) is 10.7 Å². The third kappa shape index (κ3) is 3.70. The van der Waals surface area contributed by atoms with Gasteiger partial charge in [0.15, 0.2) is 0 Å². The Balaban J connectivity index is 2.50. The van der Waals surface area contributed by atoms with Crippen molar-refractivity contribution in [3.63, 3.8) is 0 Å². The van der Waals surface area contributed by atoms with E-state index in [4.69, 9.17) is 4.99 Å². The first kappa shape index (κ1) is 16.2. The van der Waals surface area contributed by atoms with Crippen molar-refractivity contribution in [2.24, 2.45) is 4.99 Å². The predicted molar refractivity (Wildman–Crippen MR) is 96.9 cm³/mol. The molecule has 0 aliphatic rings. The molecule has 0 atom stereocenters. The summed E-state index contributed by atoms with van der Waals surface area (Å²) in [4.78, 5) is 9.27. The van der Waals surface area contributed by atoms with Crippen LogP contribution < -0.4 is 0 Å². The van der Waals surface area contributed by atoms with Gasteiger partial charge in [-0.15, -0.1) is 0 Å². The lowest BCUT2D eigenvalue weighted by Crippen LogP contribution is -1.92. The van der Waals surface area contributed by atoms with E-state index in [0.29, 0.717) is 0 Å². The highest BCUT2D eigenvalue weighted by atomic mass is 14.8. The Labute approximate surface area is 133 Å². The van der Waals surface area contributed by atoms with E-state index in [1.165, 1.54) is 11.1 Å².